The summed E-state index contributed by atoms with van der Waals surface area (Å²) in [5, 5.41) is 2.69. The quantitative estimate of drug-likeness (QED) is 0.253. The number of allylic oxidation sites excluding steroid dienone is 6. The monoisotopic (exact) mass is 512 g/mol. The molecule has 1 heterocycles. The lowest BCUT2D eigenvalue weighted by atomic mass is 9.77. The molecule has 1 saturated heterocycles. The molecule has 0 N–H and O–H groups in total. The van der Waals surface area contributed by atoms with Crippen LogP contribution in [0.15, 0.2) is 91.1 Å². The van der Waals surface area contributed by atoms with Gasteiger partial charge in [-0.2, -0.15) is 0 Å². The Morgan fingerprint density at radius 2 is 1.56 bits per heavy atom. The van der Waals surface area contributed by atoms with E-state index in [2.05, 4.69) is 114 Å². The first kappa shape index (κ1) is 25.9. The fourth-order valence-corrected chi connectivity index (χ4v) is 6.10. The van der Waals surface area contributed by atoms with E-state index in [1.807, 2.05) is 6.08 Å². The van der Waals surface area contributed by atoms with Crippen LogP contribution in [-0.4, -0.2) is 18.3 Å². The topological polar surface area (TPSA) is 18.5 Å². The Morgan fingerprint density at radius 3 is 2.28 bits per heavy atom. The molecule has 39 heavy (non-hydrogen) atoms. The molecule has 2 aliphatic carbocycles. The molecule has 196 valence electrons. The summed E-state index contributed by atoms with van der Waals surface area (Å²) >= 11 is 0. The average molecular weight is 513 g/mol. The standard InChI is InChI=1S/C36H37BO2/c1-7-25(27-13-12-14-28(22-27)37-38-35(3,4)36(5,6)39-37)21-24(2)26-19-20-33-31-17-9-8-15-29(31)30-16-10-11-18-32(30)34(33)23-26/h7-8,10-16,18,21-23H,1-2,9,17,19-20H2,3-6H3/b25-21+. The molecule has 2 nitrogen and oxygen atoms in total. The van der Waals surface area contributed by atoms with Crippen molar-refractivity contribution in [3.05, 3.63) is 119 Å². The minimum Gasteiger partial charge on any atom is -0.399 e. The van der Waals surface area contributed by atoms with Crippen molar-refractivity contribution in [1.29, 1.82) is 0 Å². The summed E-state index contributed by atoms with van der Waals surface area (Å²) in [6.45, 7) is 17.0. The molecule has 0 unspecified atom stereocenters. The van der Waals surface area contributed by atoms with Gasteiger partial charge in [0, 0.05) is 0 Å². The molecule has 0 amide bonds. The van der Waals surface area contributed by atoms with E-state index in [9.17, 15) is 0 Å². The highest BCUT2D eigenvalue weighted by atomic mass is 16.7. The first-order chi connectivity index (χ1) is 18.7. The molecule has 0 saturated carbocycles. The van der Waals surface area contributed by atoms with E-state index in [4.69, 9.17) is 9.31 Å². The highest BCUT2D eigenvalue weighted by molar-refractivity contribution is 6.62. The van der Waals surface area contributed by atoms with Crippen molar-refractivity contribution in [2.45, 2.75) is 64.6 Å². The second kappa shape index (κ2) is 9.66. The minimum absolute atomic E-state index is 0.373. The largest absolute Gasteiger partial charge is 0.494 e. The van der Waals surface area contributed by atoms with Crippen LogP contribution in [0, 0.1) is 0 Å². The molecule has 6 rings (SSSR count). The maximum absolute atomic E-state index is 6.30. The molecule has 0 radical (unpaired) electrons. The van der Waals surface area contributed by atoms with E-state index in [0.29, 0.717) is 0 Å². The molecule has 3 heteroatoms. The van der Waals surface area contributed by atoms with Gasteiger partial charge in [-0.15, -0.1) is 0 Å². The summed E-state index contributed by atoms with van der Waals surface area (Å²) in [5.41, 5.74) is 10.6. The number of rotatable bonds is 5. The van der Waals surface area contributed by atoms with Crippen LogP contribution in [0.4, 0.5) is 0 Å². The summed E-state index contributed by atoms with van der Waals surface area (Å²) in [4.78, 5) is 0. The maximum atomic E-state index is 6.30. The smallest absolute Gasteiger partial charge is 0.399 e. The van der Waals surface area contributed by atoms with E-state index in [1.165, 1.54) is 38.6 Å². The molecule has 1 fully saturated rings. The van der Waals surface area contributed by atoms with Crippen molar-refractivity contribution in [2.75, 3.05) is 0 Å². The average Bonchev–Trinajstić information content (AvgIpc) is 3.17. The lowest BCUT2D eigenvalue weighted by Gasteiger charge is -2.32. The Hall–Kier alpha value is -3.40. The van der Waals surface area contributed by atoms with Crippen LogP contribution in [0.25, 0.3) is 28.5 Å². The third-order valence-electron chi connectivity index (χ3n) is 9.04. The lowest BCUT2D eigenvalue weighted by Crippen LogP contribution is -2.41. The molecule has 3 aliphatic rings. The normalized spacial score (nSPS) is 19.4. The van der Waals surface area contributed by atoms with E-state index in [0.717, 1.165) is 47.9 Å². The first-order valence-electron chi connectivity index (χ1n) is 14.1. The number of fused-ring (bicyclic) bond motifs is 6. The van der Waals surface area contributed by atoms with Gasteiger partial charge in [-0.05, 0) is 120 Å². The molecular formula is C36H37BO2. The highest BCUT2D eigenvalue weighted by Gasteiger charge is 2.51. The fraction of sp³-hybridized carbons (Fsp3) is 0.278. The van der Waals surface area contributed by atoms with Crippen molar-refractivity contribution >= 4 is 41.1 Å². The van der Waals surface area contributed by atoms with Crippen LogP contribution in [-0.2, 0) is 22.2 Å². The lowest BCUT2D eigenvalue weighted by molar-refractivity contribution is 0.00578. The number of benzene rings is 3. The van der Waals surface area contributed by atoms with Crippen molar-refractivity contribution in [3.8, 4) is 0 Å². The summed E-state index contributed by atoms with van der Waals surface area (Å²) in [7, 11) is -0.393. The molecule has 0 aromatic heterocycles. The van der Waals surface area contributed by atoms with Gasteiger partial charge in [-0.3, -0.25) is 0 Å². The van der Waals surface area contributed by atoms with Gasteiger partial charge in [0.2, 0.25) is 0 Å². The predicted molar refractivity (Wildman–Crippen MR) is 167 cm³/mol. The van der Waals surface area contributed by atoms with Gasteiger partial charge in [-0.1, -0.05) is 86.0 Å². The molecule has 0 bridgehead atoms. The molecule has 0 atom stereocenters. The van der Waals surface area contributed by atoms with Gasteiger partial charge in [0.05, 0.1) is 11.2 Å². The van der Waals surface area contributed by atoms with Gasteiger partial charge in [-0.25, -0.2) is 0 Å². The predicted octanol–water partition coefficient (Wildman–Crippen LogP) is 8.25. The maximum Gasteiger partial charge on any atom is 0.494 e. The molecule has 0 spiro atoms. The fourth-order valence-electron chi connectivity index (χ4n) is 6.10. The number of hydrogen-bond acceptors (Lipinski definition) is 2. The van der Waals surface area contributed by atoms with Gasteiger partial charge in [0.25, 0.3) is 0 Å². The van der Waals surface area contributed by atoms with Gasteiger partial charge >= 0.3 is 7.12 Å². The van der Waals surface area contributed by atoms with Crippen molar-refractivity contribution in [2.24, 2.45) is 0 Å². The highest BCUT2D eigenvalue weighted by Crippen LogP contribution is 2.41. The van der Waals surface area contributed by atoms with Crippen LogP contribution in [0.1, 0.15) is 68.4 Å². The van der Waals surface area contributed by atoms with Crippen LogP contribution < -0.4 is 5.46 Å². The van der Waals surface area contributed by atoms with Crippen molar-refractivity contribution < 1.29 is 9.31 Å². The third-order valence-corrected chi connectivity index (χ3v) is 9.04. The second-order valence-corrected chi connectivity index (χ2v) is 12.0. The zero-order valence-electron chi connectivity index (χ0n) is 23.6. The SMILES string of the molecule is C=C/C(=C\C(=C)C1=Cc2c(c3c(c4ccccc24)C=CCC3)CC1)c1cccc(B2OC(C)(C)C(C)(C)O2)c1. The van der Waals surface area contributed by atoms with Gasteiger partial charge < -0.3 is 9.31 Å². The van der Waals surface area contributed by atoms with E-state index < -0.39 is 7.12 Å². The Bertz CT molecular complexity index is 1580. The minimum atomic E-state index is -0.393. The van der Waals surface area contributed by atoms with Crippen molar-refractivity contribution in [3.63, 3.8) is 0 Å². The molecule has 1 aliphatic heterocycles. The Kier molecular flexibility index (Phi) is 6.41. The summed E-state index contributed by atoms with van der Waals surface area (Å²) in [6.07, 6.45) is 15.4. The molecular weight excluding hydrogens is 475 g/mol. The van der Waals surface area contributed by atoms with Crippen LogP contribution in [0.2, 0.25) is 0 Å². The van der Waals surface area contributed by atoms with E-state index in [1.54, 1.807) is 0 Å². The molecule has 3 aromatic rings. The van der Waals surface area contributed by atoms with Crippen molar-refractivity contribution in [1.82, 2.24) is 0 Å². The van der Waals surface area contributed by atoms with Gasteiger partial charge in [0.1, 0.15) is 0 Å². The molecule has 3 aromatic carbocycles. The van der Waals surface area contributed by atoms with Crippen LogP contribution in [0.5, 0.6) is 0 Å². The second-order valence-electron chi connectivity index (χ2n) is 12.0. The zero-order chi connectivity index (χ0) is 27.4. The van der Waals surface area contributed by atoms with Gasteiger partial charge in [0.15, 0.2) is 0 Å². The van der Waals surface area contributed by atoms with E-state index in [-0.39, 0.29) is 11.2 Å². The summed E-state index contributed by atoms with van der Waals surface area (Å²) in [6, 6.07) is 17.3. The van der Waals surface area contributed by atoms with E-state index >= 15 is 0 Å². The Morgan fingerprint density at radius 1 is 0.872 bits per heavy atom. The van der Waals surface area contributed by atoms with Crippen LogP contribution in [0.3, 0.4) is 0 Å². The third kappa shape index (κ3) is 4.48. The number of hydrogen-bond donors (Lipinski definition) is 0. The summed E-state index contributed by atoms with van der Waals surface area (Å²) < 4.78 is 12.6. The van der Waals surface area contributed by atoms with Crippen LogP contribution >= 0.6 is 0 Å². The Labute approximate surface area is 233 Å². The Balaban J connectivity index is 1.34. The first-order valence-corrected chi connectivity index (χ1v) is 14.1. The summed E-state index contributed by atoms with van der Waals surface area (Å²) in [5.74, 6) is 0. The zero-order valence-corrected chi connectivity index (χ0v) is 23.6.